The molecule has 2 heterocycles. The fourth-order valence-electron chi connectivity index (χ4n) is 1.60. The quantitative estimate of drug-likeness (QED) is 0.785. The van der Waals surface area contributed by atoms with E-state index in [1.807, 2.05) is 48.5 Å². The van der Waals surface area contributed by atoms with Crippen molar-refractivity contribution in [3.8, 4) is 5.75 Å². The molecule has 0 spiro atoms. The van der Waals surface area contributed by atoms with Crippen molar-refractivity contribution in [1.82, 2.24) is 4.98 Å². The van der Waals surface area contributed by atoms with Crippen molar-refractivity contribution in [3.63, 3.8) is 0 Å². The van der Waals surface area contributed by atoms with Crippen LogP contribution in [0.1, 0.15) is 5.69 Å². The molecule has 0 saturated carbocycles. The summed E-state index contributed by atoms with van der Waals surface area (Å²) in [6.07, 6.45) is 3.63. The van der Waals surface area contributed by atoms with Gasteiger partial charge in [-0.25, -0.2) is 0 Å². The summed E-state index contributed by atoms with van der Waals surface area (Å²) in [4.78, 5) is 4.21. The molecular weight excluding hydrogens is 200 g/mol. The van der Waals surface area contributed by atoms with Crippen LogP contribution in [0.3, 0.4) is 0 Å². The van der Waals surface area contributed by atoms with E-state index in [-0.39, 0.29) is 0 Å². The maximum atomic E-state index is 5.62. The van der Waals surface area contributed by atoms with Crippen LogP contribution in [0.5, 0.6) is 5.75 Å². The van der Waals surface area contributed by atoms with Crippen molar-refractivity contribution in [2.75, 3.05) is 5.32 Å². The van der Waals surface area contributed by atoms with Crippen LogP contribution >= 0.6 is 0 Å². The van der Waals surface area contributed by atoms with Crippen molar-refractivity contribution in [1.29, 1.82) is 0 Å². The number of rotatable bonds is 1. The molecule has 1 aromatic carbocycles. The first-order chi connectivity index (χ1) is 7.92. The predicted octanol–water partition coefficient (Wildman–Crippen LogP) is 2.88. The molecule has 1 N–H and O–H groups in total. The summed E-state index contributed by atoms with van der Waals surface area (Å²) < 4.78 is 5.62. The van der Waals surface area contributed by atoms with Crippen molar-refractivity contribution < 1.29 is 4.74 Å². The molecule has 1 aliphatic heterocycles. The van der Waals surface area contributed by atoms with Gasteiger partial charge in [0.2, 0.25) is 0 Å². The van der Waals surface area contributed by atoms with Crippen LogP contribution in [0.25, 0.3) is 6.08 Å². The minimum Gasteiger partial charge on any atom is -0.439 e. The van der Waals surface area contributed by atoms with Crippen molar-refractivity contribution >= 4 is 11.8 Å². The summed E-state index contributed by atoms with van der Waals surface area (Å²) in [6.45, 7) is 0. The maximum absolute atomic E-state index is 5.62. The van der Waals surface area contributed by atoms with E-state index in [4.69, 9.17) is 4.74 Å². The van der Waals surface area contributed by atoms with Crippen LogP contribution in [-0.4, -0.2) is 4.98 Å². The number of para-hydroxylation sites is 2. The third-order valence-electron chi connectivity index (χ3n) is 2.33. The van der Waals surface area contributed by atoms with E-state index in [9.17, 15) is 0 Å². The highest BCUT2D eigenvalue weighted by atomic mass is 16.5. The first-order valence-corrected chi connectivity index (χ1v) is 5.08. The van der Waals surface area contributed by atoms with Gasteiger partial charge < -0.3 is 10.1 Å². The molecule has 0 saturated heterocycles. The minimum absolute atomic E-state index is 0.708. The molecule has 0 aliphatic carbocycles. The standard InChI is InChI=1S/C13H10N2O/c1-2-7-12-11(6-1)15-13(16-12)9-10-5-3-4-8-14-10/h1-9,15H/b13-9+. The van der Waals surface area contributed by atoms with E-state index in [1.165, 1.54) is 0 Å². The second-order valence-electron chi connectivity index (χ2n) is 3.49. The third-order valence-corrected chi connectivity index (χ3v) is 2.33. The van der Waals surface area contributed by atoms with Crippen molar-refractivity contribution in [2.24, 2.45) is 0 Å². The Morgan fingerprint density at radius 1 is 1.06 bits per heavy atom. The van der Waals surface area contributed by atoms with Crippen LogP contribution in [0, 0.1) is 0 Å². The summed E-state index contributed by atoms with van der Waals surface area (Å²) >= 11 is 0. The number of aromatic nitrogens is 1. The Balaban J connectivity index is 1.89. The summed E-state index contributed by atoms with van der Waals surface area (Å²) in [5.74, 6) is 1.56. The highest BCUT2D eigenvalue weighted by Crippen LogP contribution is 2.32. The van der Waals surface area contributed by atoms with Gasteiger partial charge in [-0.15, -0.1) is 0 Å². The zero-order chi connectivity index (χ0) is 10.8. The third kappa shape index (κ3) is 1.63. The second kappa shape index (κ2) is 3.70. The number of ether oxygens (including phenoxy) is 1. The molecule has 3 heteroatoms. The predicted molar refractivity (Wildman–Crippen MR) is 62.9 cm³/mol. The molecule has 0 fully saturated rings. The molecule has 0 unspecified atom stereocenters. The lowest BCUT2D eigenvalue weighted by Gasteiger charge is -1.97. The van der Waals surface area contributed by atoms with Gasteiger partial charge in [0, 0.05) is 12.3 Å². The Morgan fingerprint density at radius 3 is 2.75 bits per heavy atom. The fraction of sp³-hybridized carbons (Fsp3) is 0. The molecule has 78 valence electrons. The first kappa shape index (κ1) is 8.97. The van der Waals surface area contributed by atoms with Gasteiger partial charge in [0.25, 0.3) is 0 Å². The van der Waals surface area contributed by atoms with Gasteiger partial charge in [-0.1, -0.05) is 18.2 Å². The highest BCUT2D eigenvalue weighted by molar-refractivity contribution is 5.67. The normalized spacial score (nSPS) is 15.4. The molecule has 0 amide bonds. The first-order valence-electron chi connectivity index (χ1n) is 5.08. The molecule has 0 radical (unpaired) electrons. The van der Waals surface area contributed by atoms with Crippen LogP contribution in [-0.2, 0) is 0 Å². The van der Waals surface area contributed by atoms with Gasteiger partial charge in [-0.2, -0.15) is 0 Å². The Kier molecular flexibility index (Phi) is 2.07. The zero-order valence-corrected chi connectivity index (χ0v) is 8.55. The molecule has 2 aromatic rings. The lowest BCUT2D eigenvalue weighted by atomic mass is 10.3. The van der Waals surface area contributed by atoms with Crippen LogP contribution in [0.15, 0.2) is 54.5 Å². The number of anilines is 1. The van der Waals surface area contributed by atoms with E-state index in [0.29, 0.717) is 5.88 Å². The average molecular weight is 210 g/mol. The van der Waals surface area contributed by atoms with Gasteiger partial charge in [0.15, 0.2) is 11.6 Å². The molecular formula is C13H10N2O. The number of hydrogen-bond acceptors (Lipinski definition) is 3. The number of pyridine rings is 1. The van der Waals surface area contributed by atoms with Crippen LogP contribution in [0.2, 0.25) is 0 Å². The van der Waals surface area contributed by atoms with E-state index in [2.05, 4.69) is 10.3 Å². The largest absolute Gasteiger partial charge is 0.439 e. The Morgan fingerprint density at radius 2 is 1.94 bits per heavy atom. The molecule has 0 atom stereocenters. The molecule has 1 aliphatic rings. The Bertz CT molecular complexity index is 508. The lowest BCUT2D eigenvalue weighted by molar-refractivity contribution is 0.462. The van der Waals surface area contributed by atoms with Gasteiger partial charge in [0.05, 0.1) is 11.4 Å². The number of fused-ring (bicyclic) bond motifs is 1. The fourth-order valence-corrected chi connectivity index (χ4v) is 1.60. The summed E-state index contributed by atoms with van der Waals surface area (Å²) in [7, 11) is 0. The van der Waals surface area contributed by atoms with E-state index >= 15 is 0 Å². The number of hydrogen-bond donors (Lipinski definition) is 1. The molecule has 1 aromatic heterocycles. The van der Waals surface area contributed by atoms with Crippen molar-refractivity contribution in [2.45, 2.75) is 0 Å². The van der Waals surface area contributed by atoms with E-state index in [1.54, 1.807) is 6.20 Å². The molecule has 0 bridgehead atoms. The van der Waals surface area contributed by atoms with Crippen molar-refractivity contribution in [3.05, 3.63) is 60.2 Å². The molecule has 16 heavy (non-hydrogen) atoms. The van der Waals surface area contributed by atoms with Gasteiger partial charge >= 0.3 is 0 Å². The SMILES string of the molecule is C(=C1/Nc2ccccc2O1)/c1ccccn1. The number of benzene rings is 1. The Hall–Kier alpha value is -2.29. The maximum Gasteiger partial charge on any atom is 0.200 e. The summed E-state index contributed by atoms with van der Waals surface area (Å²) in [5.41, 5.74) is 1.86. The van der Waals surface area contributed by atoms with E-state index < -0.39 is 0 Å². The van der Waals surface area contributed by atoms with Crippen LogP contribution in [0.4, 0.5) is 5.69 Å². The van der Waals surface area contributed by atoms with Gasteiger partial charge in [-0.05, 0) is 24.3 Å². The topological polar surface area (TPSA) is 34.1 Å². The Labute approximate surface area is 93.4 Å². The number of nitrogens with zero attached hydrogens (tertiary/aromatic N) is 1. The monoisotopic (exact) mass is 210 g/mol. The van der Waals surface area contributed by atoms with Gasteiger partial charge in [0.1, 0.15) is 0 Å². The highest BCUT2D eigenvalue weighted by Gasteiger charge is 2.14. The second-order valence-corrected chi connectivity index (χ2v) is 3.49. The lowest BCUT2D eigenvalue weighted by Crippen LogP contribution is -1.96. The zero-order valence-electron chi connectivity index (χ0n) is 8.55. The minimum atomic E-state index is 0.708. The van der Waals surface area contributed by atoms with Crippen LogP contribution < -0.4 is 10.1 Å². The average Bonchev–Trinajstić information content (AvgIpc) is 2.72. The molecule has 3 nitrogen and oxygen atoms in total. The smallest absolute Gasteiger partial charge is 0.200 e. The van der Waals surface area contributed by atoms with E-state index in [0.717, 1.165) is 17.1 Å². The van der Waals surface area contributed by atoms with Gasteiger partial charge in [-0.3, -0.25) is 4.98 Å². The summed E-state index contributed by atoms with van der Waals surface area (Å²) in [6, 6.07) is 13.6. The summed E-state index contributed by atoms with van der Waals surface area (Å²) in [5, 5.41) is 3.18. The molecule has 3 rings (SSSR count). The number of nitrogens with one attached hydrogen (secondary N) is 1.